The van der Waals surface area contributed by atoms with E-state index < -0.39 is 18.9 Å². The van der Waals surface area contributed by atoms with Gasteiger partial charge in [0.25, 0.3) is 0 Å². The van der Waals surface area contributed by atoms with Crippen molar-refractivity contribution in [3.05, 3.63) is 34.4 Å². The van der Waals surface area contributed by atoms with E-state index in [0.29, 0.717) is 18.4 Å². The van der Waals surface area contributed by atoms with E-state index in [1.165, 1.54) is 7.11 Å². The van der Waals surface area contributed by atoms with E-state index in [1.54, 1.807) is 0 Å². The Bertz CT molecular complexity index is 607. The summed E-state index contributed by atoms with van der Waals surface area (Å²) in [6.07, 6.45) is 0.645. The van der Waals surface area contributed by atoms with Gasteiger partial charge in [0.15, 0.2) is 0 Å². The number of hydrogen-bond donors (Lipinski definition) is 0. The highest BCUT2D eigenvalue weighted by Gasteiger charge is 2.54. The van der Waals surface area contributed by atoms with Crippen LogP contribution in [0.5, 0.6) is 0 Å². The number of ether oxygens (including phenoxy) is 1. The van der Waals surface area contributed by atoms with Crippen LogP contribution in [0.1, 0.15) is 53.7 Å². The summed E-state index contributed by atoms with van der Waals surface area (Å²) in [5.41, 5.74) is 3.50. The first kappa shape index (κ1) is 19.5. The SMILES string of the molecule is CCC(CC)(C(=O)c1c(C)cc(C)cc1C)[P+](=O)CC(=O)OC. The number of ketones is 1. The molecule has 0 saturated heterocycles. The van der Waals surface area contributed by atoms with E-state index in [1.807, 2.05) is 46.8 Å². The summed E-state index contributed by atoms with van der Waals surface area (Å²) in [5.74, 6) is -0.662. The molecule has 1 atom stereocenters. The van der Waals surface area contributed by atoms with Crippen molar-refractivity contribution >= 4 is 19.6 Å². The Morgan fingerprint density at radius 2 is 1.57 bits per heavy atom. The monoisotopic (exact) mass is 337 g/mol. The second-order valence-corrected chi connectivity index (χ2v) is 7.88. The van der Waals surface area contributed by atoms with Crippen LogP contribution in [-0.2, 0) is 14.1 Å². The number of carbonyl (C=O) groups is 2. The molecule has 0 aliphatic carbocycles. The largest absolute Gasteiger partial charge is 0.466 e. The van der Waals surface area contributed by atoms with Crippen LogP contribution in [0.3, 0.4) is 0 Å². The zero-order valence-electron chi connectivity index (χ0n) is 14.9. The lowest BCUT2D eigenvalue weighted by Gasteiger charge is -2.22. The summed E-state index contributed by atoms with van der Waals surface area (Å²) in [4.78, 5) is 24.8. The first-order valence-electron chi connectivity index (χ1n) is 7.87. The predicted octanol–water partition coefficient (Wildman–Crippen LogP) is 4.35. The third-order valence-corrected chi connectivity index (χ3v) is 6.81. The third-order valence-electron chi connectivity index (χ3n) is 4.47. The minimum absolute atomic E-state index is 0.123. The zero-order valence-corrected chi connectivity index (χ0v) is 15.8. The van der Waals surface area contributed by atoms with Crippen molar-refractivity contribution in [1.82, 2.24) is 0 Å². The number of esters is 1. The molecule has 0 N–H and O–H groups in total. The average Bonchev–Trinajstić information content (AvgIpc) is 2.47. The van der Waals surface area contributed by atoms with Gasteiger partial charge in [-0.25, -0.2) is 4.79 Å². The van der Waals surface area contributed by atoms with E-state index in [4.69, 9.17) is 0 Å². The Kier molecular flexibility index (Phi) is 6.64. The minimum atomic E-state index is -2.04. The maximum absolute atomic E-state index is 13.3. The van der Waals surface area contributed by atoms with Crippen molar-refractivity contribution < 1.29 is 18.9 Å². The van der Waals surface area contributed by atoms with Gasteiger partial charge in [0.1, 0.15) is 0 Å². The second kappa shape index (κ2) is 7.83. The van der Waals surface area contributed by atoms with Gasteiger partial charge in [-0.05, 0) is 31.9 Å². The van der Waals surface area contributed by atoms with Crippen molar-refractivity contribution in [3.63, 3.8) is 0 Å². The van der Waals surface area contributed by atoms with Crippen molar-refractivity contribution in [3.8, 4) is 0 Å². The van der Waals surface area contributed by atoms with Crippen molar-refractivity contribution in [2.75, 3.05) is 13.3 Å². The second-order valence-electron chi connectivity index (χ2n) is 5.95. The molecule has 5 heteroatoms. The van der Waals surface area contributed by atoms with Crippen LogP contribution in [0.4, 0.5) is 0 Å². The van der Waals surface area contributed by atoms with Gasteiger partial charge in [-0.15, -0.1) is 0 Å². The molecule has 0 heterocycles. The molecule has 0 spiro atoms. The fraction of sp³-hybridized carbons (Fsp3) is 0.556. The smallest absolute Gasteiger partial charge is 0.365 e. The third kappa shape index (κ3) is 3.87. The fourth-order valence-corrected chi connectivity index (χ4v) is 4.85. The molecule has 0 fully saturated rings. The van der Waals surface area contributed by atoms with E-state index >= 15 is 0 Å². The molecule has 1 unspecified atom stereocenters. The summed E-state index contributed by atoms with van der Waals surface area (Å²) < 4.78 is 17.4. The van der Waals surface area contributed by atoms with Crippen LogP contribution in [0.15, 0.2) is 12.1 Å². The van der Waals surface area contributed by atoms with Gasteiger partial charge in [0.2, 0.25) is 17.1 Å². The van der Waals surface area contributed by atoms with Gasteiger partial charge in [-0.3, -0.25) is 4.79 Å². The normalized spacial score (nSPS) is 12.0. The summed E-state index contributed by atoms with van der Waals surface area (Å²) in [5, 5.41) is -1.02. The summed E-state index contributed by atoms with van der Waals surface area (Å²) in [6, 6.07) is 3.92. The number of Topliss-reactive ketones (excluding diaryl/α,β-unsaturated/α-hetero) is 1. The number of rotatable bonds is 7. The Hall–Kier alpha value is -1.54. The molecule has 23 heavy (non-hydrogen) atoms. The number of benzene rings is 1. The highest BCUT2D eigenvalue weighted by Crippen LogP contribution is 2.47. The van der Waals surface area contributed by atoms with Crippen LogP contribution in [0, 0.1) is 20.8 Å². The van der Waals surface area contributed by atoms with Crippen LogP contribution < -0.4 is 0 Å². The molecule has 0 aromatic heterocycles. The lowest BCUT2D eigenvalue weighted by Crippen LogP contribution is -2.36. The Morgan fingerprint density at radius 3 is 1.96 bits per heavy atom. The van der Waals surface area contributed by atoms with Crippen LogP contribution in [0.25, 0.3) is 0 Å². The topological polar surface area (TPSA) is 60.4 Å². The first-order valence-corrected chi connectivity index (χ1v) is 9.32. The first-order chi connectivity index (χ1) is 10.7. The number of hydrogen-bond acceptors (Lipinski definition) is 4. The van der Waals surface area contributed by atoms with Gasteiger partial charge in [-0.2, -0.15) is 0 Å². The Morgan fingerprint density at radius 1 is 1.09 bits per heavy atom. The molecule has 1 aromatic rings. The van der Waals surface area contributed by atoms with Gasteiger partial charge in [-0.1, -0.05) is 36.1 Å². The maximum atomic E-state index is 13.3. The molecule has 0 aliphatic rings. The van der Waals surface area contributed by atoms with Crippen molar-refractivity contribution in [1.29, 1.82) is 0 Å². The highest BCUT2D eigenvalue weighted by molar-refractivity contribution is 7.49. The molecule has 1 aromatic carbocycles. The predicted molar refractivity (Wildman–Crippen MR) is 92.8 cm³/mol. The van der Waals surface area contributed by atoms with Crippen molar-refractivity contribution in [2.45, 2.75) is 52.6 Å². The maximum Gasteiger partial charge on any atom is 0.365 e. The molecule has 0 aliphatic heterocycles. The van der Waals surface area contributed by atoms with Gasteiger partial charge < -0.3 is 4.74 Å². The highest BCUT2D eigenvalue weighted by atomic mass is 31.1. The molecule has 4 nitrogen and oxygen atoms in total. The van der Waals surface area contributed by atoms with Crippen LogP contribution in [-0.4, -0.2) is 30.2 Å². The standard InChI is InChI=1S/C18H26O4P/c1-7-18(8-2,23(21)11-15(19)22-6)17(20)16-13(4)9-12(3)10-14(16)5/h9-10H,7-8,11H2,1-6H3/q+1. The molecule has 126 valence electrons. The summed E-state index contributed by atoms with van der Waals surface area (Å²) in [6.45, 7) is 9.49. The quantitative estimate of drug-likeness (QED) is 0.421. The summed E-state index contributed by atoms with van der Waals surface area (Å²) >= 11 is 0. The van der Waals surface area contributed by atoms with Crippen molar-refractivity contribution in [2.24, 2.45) is 0 Å². The zero-order chi connectivity index (χ0) is 17.8. The lowest BCUT2D eigenvalue weighted by atomic mass is 9.86. The Balaban J connectivity index is 3.38. The van der Waals surface area contributed by atoms with E-state index in [-0.39, 0.29) is 11.9 Å². The average molecular weight is 337 g/mol. The molecular formula is C18H26O4P+. The van der Waals surface area contributed by atoms with Gasteiger partial charge >= 0.3 is 13.8 Å². The molecule has 0 saturated carbocycles. The fourth-order valence-electron chi connectivity index (χ4n) is 3.14. The van der Waals surface area contributed by atoms with Gasteiger partial charge in [0, 0.05) is 18.4 Å². The molecular weight excluding hydrogens is 311 g/mol. The molecule has 0 radical (unpaired) electrons. The van der Waals surface area contributed by atoms with E-state index in [0.717, 1.165) is 16.7 Å². The minimum Gasteiger partial charge on any atom is -0.466 e. The summed E-state index contributed by atoms with van der Waals surface area (Å²) in [7, 11) is -0.778. The molecule has 0 amide bonds. The van der Waals surface area contributed by atoms with E-state index in [9.17, 15) is 14.2 Å². The number of carbonyl (C=O) groups excluding carboxylic acids is 2. The molecule has 0 bridgehead atoms. The lowest BCUT2D eigenvalue weighted by molar-refractivity contribution is -0.137. The Labute approximate surface area is 139 Å². The van der Waals surface area contributed by atoms with Crippen LogP contribution in [0.2, 0.25) is 0 Å². The number of aryl methyl sites for hydroxylation is 3. The van der Waals surface area contributed by atoms with E-state index in [2.05, 4.69) is 4.74 Å². The molecule has 1 rings (SSSR count). The van der Waals surface area contributed by atoms with Crippen LogP contribution >= 0.6 is 7.80 Å². The van der Waals surface area contributed by atoms with Gasteiger partial charge in [0.05, 0.1) is 7.11 Å². The number of methoxy groups -OCH3 is 1.